The van der Waals surface area contributed by atoms with Crippen molar-refractivity contribution in [1.82, 2.24) is 5.32 Å². The minimum Gasteiger partial charge on any atom is -0.351 e. The second-order valence-corrected chi connectivity index (χ2v) is 6.47. The number of hydrogen-bond donors (Lipinski definition) is 3. The van der Waals surface area contributed by atoms with Crippen LogP contribution in [0.25, 0.3) is 0 Å². The number of benzene rings is 2. The van der Waals surface area contributed by atoms with Crippen LogP contribution < -0.4 is 15.5 Å². The highest BCUT2D eigenvalue weighted by molar-refractivity contribution is 5.91. The van der Waals surface area contributed by atoms with E-state index in [9.17, 15) is 18.4 Å². The first-order chi connectivity index (χ1) is 12.8. The fraction of sp³-hybridized carbons (Fsp3) is 0.300. The van der Waals surface area contributed by atoms with E-state index in [1.54, 1.807) is 32.2 Å². The fourth-order valence-corrected chi connectivity index (χ4v) is 2.54. The summed E-state index contributed by atoms with van der Waals surface area (Å²) in [6, 6.07) is 11.3. The van der Waals surface area contributed by atoms with Gasteiger partial charge in [0.2, 0.25) is 0 Å². The van der Waals surface area contributed by atoms with Crippen LogP contribution in [0.4, 0.5) is 14.5 Å². The summed E-state index contributed by atoms with van der Waals surface area (Å²) in [6.45, 7) is 2.23. The molecule has 1 unspecified atom stereocenters. The van der Waals surface area contributed by atoms with Crippen molar-refractivity contribution >= 4 is 17.5 Å². The van der Waals surface area contributed by atoms with Gasteiger partial charge in [0.25, 0.3) is 11.8 Å². The zero-order valence-electron chi connectivity index (χ0n) is 15.4. The smallest absolute Gasteiger partial charge is 0.279 e. The summed E-state index contributed by atoms with van der Waals surface area (Å²) in [5.74, 6) is -1.20. The zero-order valence-corrected chi connectivity index (χ0v) is 15.4. The topological polar surface area (TPSA) is 62.6 Å². The largest absolute Gasteiger partial charge is 0.351 e. The van der Waals surface area contributed by atoms with Crippen LogP contribution >= 0.6 is 0 Å². The molecule has 0 aliphatic heterocycles. The maximum Gasteiger partial charge on any atom is 0.279 e. The van der Waals surface area contributed by atoms with Crippen molar-refractivity contribution in [3.05, 3.63) is 65.7 Å². The van der Waals surface area contributed by atoms with Gasteiger partial charge in [-0.25, -0.2) is 8.78 Å². The summed E-state index contributed by atoms with van der Waals surface area (Å²) in [5, 5.41) is 5.44. The van der Waals surface area contributed by atoms with Crippen molar-refractivity contribution in [2.24, 2.45) is 0 Å². The lowest BCUT2D eigenvalue weighted by atomic mass is 10.1. The van der Waals surface area contributed by atoms with Gasteiger partial charge in [-0.1, -0.05) is 18.2 Å². The minimum absolute atomic E-state index is 0.0725. The third-order valence-corrected chi connectivity index (χ3v) is 4.31. The lowest BCUT2D eigenvalue weighted by molar-refractivity contribution is -0.885. The summed E-state index contributed by atoms with van der Waals surface area (Å²) in [7, 11) is 1.75. The number of quaternary nitrogens is 1. The summed E-state index contributed by atoms with van der Waals surface area (Å²) in [5.41, 5.74) is 1.31. The van der Waals surface area contributed by atoms with Gasteiger partial charge in [-0.05, 0) is 49.2 Å². The van der Waals surface area contributed by atoms with E-state index in [-0.39, 0.29) is 24.2 Å². The average Bonchev–Trinajstić information content (AvgIpc) is 2.62. The number of nitrogens with one attached hydrogen (secondary N) is 3. The molecule has 7 heteroatoms. The lowest BCUT2D eigenvalue weighted by Gasteiger charge is -2.20. The van der Waals surface area contributed by atoms with Gasteiger partial charge < -0.3 is 15.5 Å². The normalized spacial score (nSPS) is 12.9. The van der Waals surface area contributed by atoms with Crippen molar-refractivity contribution in [1.29, 1.82) is 0 Å². The van der Waals surface area contributed by atoms with Crippen LogP contribution in [0.2, 0.25) is 0 Å². The third-order valence-electron chi connectivity index (χ3n) is 4.31. The molecule has 3 N–H and O–H groups in total. The molecular formula is C20H24F2N3O2+. The van der Waals surface area contributed by atoms with Gasteiger partial charge in [-0.2, -0.15) is 0 Å². The fourth-order valence-electron chi connectivity index (χ4n) is 2.54. The van der Waals surface area contributed by atoms with Crippen LogP contribution in [0.15, 0.2) is 48.5 Å². The van der Waals surface area contributed by atoms with Gasteiger partial charge in [0.05, 0.1) is 7.05 Å². The Morgan fingerprint density at radius 2 is 1.78 bits per heavy atom. The maximum absolute atomic E-state index is 13.1. The molecule has 0 aliphatic carbocycles. The number of likely N-dealkylation sites (N-methyl/N-ethyl adjacent to an activating group) is 1. The van der Waals surface area contributed by atoms with Gasteiger partial charge in [-0.3, -0.25) is 9.59 Å². The standard InChI is InChI=1S/C20H23F2N3O2/c1-14(20(27)23-11-10-15-6-8-16(21)9-7-15)25(2)13-19(26)24-18-5-3-4-17(22)12-18/h3-9,12,14H,10-11,13H2,1-2H3,(H,23,27)(H,24,26)/p+1/t14-/m1/s1. The molecular weight excluding hydrogens is 352 g/mol. The van der Waals surface area contributed by atoms with E-state index in [1.807, 2.05) is 0 Å². The van der Waals surface area contributed by atoms with Crippen LogP contribution in [0.5, 0.6) is 0 Å². The Labute approximate surface area is 157 Å². The molecule has 0 bridgehead atoms. The molecule has 2 rings (SSSR count). The van der Waals surface area contributed by atoms with Crippen molar-refractivity contribution in [3.8, 4) is 0 Å². The van der Waals surface area contributed by atoms with Crippen molar-refractivity contribution in [2.45, 2.75) is 19.4 Å². The number of hydrogen-bond acceptors (Lipinski definition) is 2. The minimum atomic E-state index is -0.434. The van der Waals surface area contributed by atoms with Crippen LogP contribution in [0.3, 0.4) is 0 Å². The molecule has 0 radical (unpaired) electrons. The number of rotatable bonds is 8. The van der Waals surface area contributed by atoms with Gasteiger partial charge in [0, 0.05) is 12.2 Å². The monoisotopic (exact) mass is 376 g/mol. The molecule has 0 aliphatic rings. The number of carbonyl (C=O) groups is 2. The summed E-state index contributed by atoms with van der Waals surface area (Å²) in [4.78, 5) is 25.0. The molecule has 0 aromatic heterocycles. The zero-order chi connectivity index (χ0) is 19.8. The van der Waals surface area contributed by atoms with Gasteiger partial charge in [0.15, 0.2) is 12.6 Å². The summed E-state index contributed by atoms with van der Waals surface area (Å²) >= 11 is 0. The molecule has 2 aromatic carbocycles. The van der Waals surface area contributed by atoms with Gasteiger partial charge in [-0.15, -0.1) is 0 Å². The molecule has 2 aromatic rings. The Hall–Kier alpha value is -2.80. The van der Waals surface area contributed by atoms with E-state index < -0.39 is 11.9 Å². The Bertz CT molecular complexity index is 781. The first-order valence-electron chi connectivity index (χ1n) is 8.75. The Morgan fingerprint density at radius 1 is 1.07 bits per heavy atom. The summed E-state index contributed by atoms with van der Waals surface area (Å²) in [6.07, 6.45) is 0.595. The molecule has 0 saturated heterocycles. The number of halogens is 2. The second kappa shape index (κ2) is 9.78. The Morgan fingerprint density at radius 3 is 2.44 bits per heavy atom. The highest BCUT2D eigenvalue weighted by Gasteiger charge is 2.23. The van der Waals surface area contributed by atoms with Gasteiger partial charge >= 0.3 is 0 Å². The molecule has 0 heterocycles. The number of carbonyl (C=O) groups excluding carboxylic acids is 2. The number of amides is 2. The first-order valence-corrected chi connectivity index (χ1v) is 8.75. The van der Waals surface area contributed by atoms with Gasteiger partial charge in [0.1, 0.15) is 11.6 Å². The SMILES string of the molecule is C[C@H](C(=O)NCCc1ccc(F)cc1)[NH+](C)CC(=O)Nc1cccc(F)c1. The molecule has 0 spiro atoms. The van der Waals surface area contributed by atoms with Crippen molar-refractivity contribution in [3.63, 3.8) is 0 Å². The molecule has 0 fully saturated rings. The van der Waals surface area contributed by atoms with E-state index >= 15 is 0 Å². The van der Waals surface area contributed by atoms with Crippen molar-refractivity contribution < 1.29 is 23.3 Å². The third kappa shape index (κ3) is 6.79. The number of anilines is 1. The van der Waals surface area contributed by atoms with Crippen molar-refractivity contribution in [2.75, 3.05) is 25.5 Å². The lowest BCUT2D eigenvalue weighted by Crippen LogP contribution is -3.15. The van der Waals surface area contributed by atoms with E-state index in [0.29, 0.717) is 23.6 Å². The van der Waals surface area contributed by atoms with E-state index in [4.69, 9.17) is 0 Å². The molecule has 2 atom stereocenters. The first kappa shape index (κ1) is 20.5. The molecule has 0 saturated carbocycles. The highest BCUT2D eigenvalue weighted by atomic mass is 19.1. The molecule has 5 nitrogen and oxygen atoms in total. The molecule has 2 amide bonds. The van der Waals surface area contributed by atoms with Crippen LogP contribution in [0.1, 0.15) is 12.5 Å². The Balaban J connectivity index is 1.75. The maximum atomic E-state index is 13.1. The van der Waals surface area contributed by atoms with Crippen LogP contribution in [-0.4, -0.2) is 38.0 Å². The predicted octanol–water partition coefficient (Wildman–Crippen LogP) is 1.17. The van der Waals surface area contributed by atoms with Crippen LogP contribution in [-0.2, 0) is 16.0 Å². The van der Waals surface area contributed by atoms with E-state index in [0.717, 1.165) is 5.56 Å². The highest BCUT2D eigenvalue weighted by Crippen LogP contribution is 2.08. The van der Waals surface area contributed by atoms with Crippen LogP contribution in [0, 0.1) is 11.6 Å². The molecule has 27 heavy (non-hydrogen) atoms. The molecule has 144 valence electrons. The van der Waals surface area contributed by atoms with E-state index in [1.165, 1.54) is 30.3 Å². The average molecular weight is 376 g/mol. The Kier molecular flexibility index (Phi) is 7.43. The second-order valence-electron chi connectivity index (χ2n) is 6.47. The predicted molar refractivity (Wildman–Crippen MR) is 99.4 cm³/mol. The quantitative estimate of drug-likeness (QED) is 0.648. The summed E-state index contributed by atoms with van der Waals surface area (Å²) < 4.78 is 26.0. The van der Waals surface area contributed by atoms with E-state index in [2.05, 4.69) is 10.6 Å².